The number of benzene rings is 1. The fraction of sp³-hybridized carbons (Fsp3) is 0.320. The summed E-state index contributed by atoms with van der Waals surface area (Å²) in [7, 11) is 0. The van der Waals surface area contributed by atoms with Crippen molar-refractivity contribution < 1.29 is 28.8 Å². The van der Waals surface area contributed by atoms with Crippen molar-refractivity contribution in [1.82, 2.24) is 10.3 Å². The van der Waals surface area contributed by atoms with Crippen molar-refractivity contribution in [1.29, 1.82) is 0 Å². The van der Waals surface area contributed by atoms with Crippen LogP contribution in [0.1, 0.15) is 42.6 Å². The van der Waals surface area contributed by atoms with Crippen molar-refractivity contribution in [2.24, 2.45) is 10.9 Å². The van der Waals surface area contributed by atoms with Gasteiger partial charge in [-0.05, 0) is 38.5 Å². The van der Waals surface area contributed by atoms with Gasteiger partial charge in [0, 0.05) is 41.9 Å². The minimum atomic E-state index is -0.969. The highest BCUT2D eigenvalue weighted by Crippen LogP contribution is 2.40. The number of allylic oxidation sites excluding steroid dienone is 1. The average molecular weight is 495 g/mol. The van der Waals surface area contributed by atoms with E-state index in [0.717, 1.165) is 0 Å². The van der Waals surface area contributed by atoms with Gasteiger partial charge >= 0.3 is 11.9 Å². The number of hydrogen-bond acceptors (Lipinski definition) is 9. The third-order valence-electron chi connectivity index (χ3n) is 5.57. The second kappa shape index (κ2) is 11.8. The fourth-order valence-corrected chi connectivity index (χ4v) is 4.02. The molecule has 2 aromatic rings. The summed E-state index contributed by atoms with van der Waals surface area (Å²) >= 11 is 0. The molecule has 3 rings (SSSR count). The number of rotatable bonds is 9. The lowest BCUT2D eigenvalue weighted by Crippen LogP contribution is -2.37. The largest absolute Gasteiger partial charge is 0.465 e. The predicted molar refractivity (Wildman–Crippen MR) is 129 cm³/mol. The molecule has 0 spiro atoms. The number of hydrogen-bond donors (Lipinski definition) is 1. The van der Waals surface area contributed by atoms with Crippen LogP contribution >= 0.6 is 0 Å². The van der Waals surface area contributed by atoms with E-state index in [2.05, 4.69) is 15.3 Å². The number of non-ortho nitro benzene ring substituents is 1. The number of pyridine rings is 1. The van der Waals surface area contributed by atoms with Crippen molar-refractivity contribution >= 4 is 29.2 Å². The van der Waals surface area contributed by atoms with E-state index in [9.17, 15) is 24.5 Å². The highest BCUT2D eigenvalue weighted by atomic mass is 16.6. The van der Waals surface area contributed by atoms with Crippen molar-refractivity contribution in [2.75, 3.05) is 19.8 Å². The number of amides is 1. The maximum Gasteiger partial charge on any atom is 0.336 e. The van der Waals surface area contributed by atoms with E-state index in [0.29, 0.717) is 22.5 Å². The molecule has 1 N–H and O–H groups in total. The number of aromatic nitrogens is 1. The van der Waals surface area contributed by atoms with Gasteiger partial charge in [-0.3, -0.25) is 29.7 Å². The molecule has 1 unspecified atom stereocenters. The molecule has 188 valence electrons. The van der Waals surface area contributed by atoms with Gasteiger partial charge in [0.15, 0.2) is 0 Å². The van der Waals surface area contributed by atoms with Crippen LogP contribution in [0.25, 0.3) is 0 Å². The van der Waals surface area contributed by atoms with Gasteiger partial charge in [-0.25, -0.2) is 4.79 Å². The molecule has 0 bridgehead atoms. The Morgan fingerprint density at radius 1 is 1.14 bits per heavy atom. The van der Waals surface area contributed by atoms with E-state index in [1.807, 2.05) is 0 Å². The summed E-state index contributed by atoms with van der Waals surface area (Å²) in [4.78, 5) is 57.3. The number of aliphatic imine (C=N–C) groups is 1. The zero-order chi connectivity index (χ0) is 26.2. The van der Waals surface area contributed by atoms with Gasteiger partial charge < -0.3 is 14.8 Å². The Balaban J connectivity index is 1.85. The van der Waals surface area contributed by atoms with Crippen LogP contribution in [0.4, 0.5) is 5.69 Å². The Morgan fingerprint density at radius 2 is 1.92 bits per heavy atom. The summed E-state index contributed by atoms with van der Waals surface area (Å²) in [5, 5.41) is 14.0. The molecular weight excluding hydrogens is 468 g/mol. The van der Waals surface area contributed by atoms with Crippen LogP contribution < -0.4 is 5.32 Å². The summed E-state index contributed by atoms with van der Waals surface area (Å²) in [5.41, 5.74) is 1.41. The molecule has 0 radical (unpaired) electrons. The van der Waals surface area contributed by atoms with E-state index in [-0.39, 0.29) is 36.9 Å². The van der Waals surface area contributed by atoms with Gasteiger partial charge in [-0.15, -0.1) is 0 Å². The van der Waals surface area contributed by atoms with Gasteiger partial charge in [0.2, 0.25) is 0 Å². The van der Waals surface area contributed by atoms with E-state index in [1.165, 1.54) is 24.4 Å². The fourth-order valence-electron chi connectivity index (χ4n) is 4.02. The smallest absolute Gasteiger partial charge is 0.336 e. The molecule has 1 aliphatic rings. The average Bonchev–Trinajstić information content (AvgIpc) is 2.86. The first-order valence-corrected chi connectivity index (χ1v) is 11.3. The standard InChI is InChI=1S/C25H26N4O7/c1-4-35-24(31)20-15(2)28-16(3)21(22(20)17-7-5-9-19(13-17)29(33)34)25(32)36-12-11-27-23(30)18-8-6-10-26-14-18/h5-10,13-14,20,22H,4,11-12H2,1-3H3,(H,27,30)/t20?,22-/m1/s1. The molecule has 1 aliphatic heterocycles. The molecule has 0 saturated heterocycles. The quantitative estimate of drug-likeness (QED) is 0.242. The molecule has 0 aliphatic carbocycles. The monoisotopic (exact) mass is 494 g/mol. The lowest BCUT2D eigenvalue weighted by Gasteiger charge is -2.31. The molecule has 11 heteroatoms. The number of nitrogens with zero attached hydrogens (tertiary/aromatic N) is 3. The summed E-state index contributed by atoms with van der Waals surface area (Å²) in [6.45, 7) is 4.92. The number of nitrogens with one attached hydrogen (secondary N) is 1. The number of esters is 2. The van der Waals surface area contributed by atoms with Crippen LogP contribution in [0.15, 0.2) is 65.1 Å². The number of carbonyl (C=O) groups excluding carboxylic acids is 3. The first-order valence-electron chi connectivity index (χ1n) is 11.3. The van der Waals surface area contributed by atoms with Crippen LogP contribution in [0, 0.1) is 16.0 Å². The number of nitro benzene ring substituents is 1. The molecule has 11 nitrogen and oxygen atoms in total. The second-order valence-electron chi connectivity index (χ2n) is 7.95. The summed E-state index contributed by atoms with van der Waals surface area (Å²) in [5.74, 6) is -3.59. The first kappa shape index (κ1) is 26.2. The Hall–Kier alpha value is -4.41. The Morgan fingerprint density at radius 3 is 2.58 bits per heavy atom. The molecule has 36 heavy (non-hydrogen) atoms. The number of nitro groups is 1. The number of carbonyl (C=O) groups is 3. The maximum absolute atomic E-state index is 13.2. The molecule has 1 amide bonds. The lowest BCUT2D eigenvalue weighted by atomic mass is 9.75. The highest BCUT2D eigenvalue weighted by molar-refractivity contribution is 6.07. The molecule has 0 saturated carbocycles. The van der Waals surface area contributed by atoms with Crippen LogP contribution in [-0.2, 0) is 19.1 Å². The Labute approximate surface area is 207 Å². The summed E-state index contributed by atoms with van der Waals surface area (Å²) < 4.78 is 10.6. The molecule has 0 fully saturated rings. The summed E-state index contributed by atoms with van der Waals surface area (Å²) in [6, 6.07) is 8.98. The van der Waals surface area contributed by atoms with E-state index < -0.39 is 28.7 Å². The van der Waals surface area contributed by atoms with Crippen molar-refractivity contribution in [3.05, 3.63) is 81.3 Å². The van der Waals surface area contributed by atoms with Gasteiger partial charge in [-0.2, -0.15) is 0 Å². The van der Waals surface area contributed by atoms with Gasteiger partial charge in [0.1, 0.15) is 12.5 Å². The van der Waals surface area contributed by atoms with E-state index in [1.54, 1.807) is 45.2 Å². The zero-order valence-electron chi connectivity index (χ0n) is 20.1. The molecular formula is C25H26N4O7. The SMILES string of the molecule is CCOC(=O)C1C(C)=NC(C)=C(C(=O)OCCNC(=O)c2cccnc2)[C@@H]1c1cccc([N+](=O)[O-])c1. The lowest BCUT2D eigenvalue weighted by molar-refractivity contribution is -0.384. The van der Waals surface area contributed by atoms with Crippen LogP contribution in [0.3, 0.4) is 0 Å². The normalized spacial score (nSPS) is 17.1. The van der Waals surface area contributed by atoms with E-state index >= 15 is 0 Å². The van der Waals surface area contributed by atoms with Crippen LogP contribution in [0.5, 0.6) is 0 Å². The molecule has 2 atom stereocenters. The minimum absolute atomic E-state index is 0.0386. The van der Waals surface area contributed by atoms with E-state index in [4.69, 9.17) is 9.47 Å². The predicted octanol–water partition coefficient (Wildman–Crippen LogP) is 2.97. The third-order valence-corrected chi connectivity index (χ3v) is 5.57. The van der Waals surface area contributed by atoms with Gasteiger partial charge in [-0.1, -0.05) is 12.1 Å². The third kappa shape index (κ3) is 5.98. The topological polar surface area (TPSA) is 150 Å². The van der Waals surface area contributed by atoms with Crippen LogP contribution in [0.2, 0.25) is 0 Å². The minimum Gasteiger partial charge on any atom is -0.465 e. The van der Waals surface area contributed by atoms with Crippen molar-refractivity contribution in [3.8, 4) is 0 Å². The van der Waals surface area contributed by atoms with Crippen LogP contribution in [-0.4, -0.2) is 53.2 Å². The summed E-state index contributed by atoms with van der Waals surface area (Å²) in [6.07, 6.45) is 2.96. The highest BCUT2D eigenvalue weighted by Gasteiger charge is 2.42. The second-order valence-corrected chi connectivity index (χ2v) is 7.95. The van der Waals surface area contributed by atoms with Crippen molar-refractivity contribution in [2.45, 2.75) is 26.7 Å². The Bertz CT molecular complexity index is 1220. The molecule has 1 aromatic carbocycles. The maximum atomic E-state index is 13.2. The van der Waals surface area contributed by atoms with Crippen molar-refractivity contribution in [3.63, 3.8) is 0 Å². The zero-order valence-corrected chi connectivity index (χ0v) is 20.1. The number of ether oxygens (including phenoxy) is 2. The first-order chi connectivity index (χ1) is 17.2. The molecule has 1 aromatic heterocycles. The van der Waals surface area contributed by atoms with Gasteiger partial charge in [0.05, 0.1) is 29.2 Å². The Kier molecular flexibility index (Phi) is 8.61. The molecule has 2 heterocycles. The van der Waals surface area contributed by atoms with Gasteiger partial charge in [0.25, 0.3) is 11.6 Å².